The second-order valence-corrected chi connectivity index (χ2v) is 43.2. The number of hydrogen-bond acceptors (Lipinski definition) is 10. The number of unbranched alkanes of at least 4 members (excludes halogenated alkanes) is 72. The molecule has 0 aliphatic carbocycles. The van der Waals surface area contributed by atoms with Crippen molar-refractivity contribution in [1.82, 2.24) is 0 Å². The molecule has 2 aromatic rings. The van der Waals surface area contributed by atoms with Gasteiger partial charge in [0, 0.05) is 29.8 Å². The average molecular weight is 1740 g/mol. The van der Waals surface area contributed by atoms with Crippen molar-refractivity contribution in [2.24, 2.45) is 0 Å². The first-order valence-electron chi connectivity index (χ1n) is 52.7. The molecule has 2 aromatic carbocycles. The van der Waals surface area contributed by atoms with Gasteiger partial charge in [0.15, 0.2) is 0 Å². The lowest BCUT2D eigenvalue weighted by atomic mass is 9.78. The molecular weight excluding hydrogens is 1540 g/mol. The first-order chi connectivity index (χ1) is 58.7. The van der Waals surface area contributed by atoms with Crippen LogP contribution in [0.25, 0.3) is 0 Å². The van der Waals surface area contributed by atoms with Gasteiger partial charge in [-0.1, -0.05) is 538 Å². The van der Waals surface area contributed by atoms with E-state index >= 15 is 0 Å². The van der Waals surface area contributed by atoms with Crippen LogP contribution in [-0.4, -0.2) is 49.9 Å². The predicted octanol–water partition coefficient (Wildman–Crippen LogP) is 39.1. The van der Waals surface area contributed by atoms with E-state index in [9.17, 15) is 9.59 Å². The van der Waals surface area contributed by atoms with Crippen LogP contribution in [0.3, 0.4) is 0 Å². The standard InChI is InChI=1S/C107H198O8P2S2/c1-7-11-15-19-23-27-31-39-47-55-63-71-79-95-110-105(108)85-77-69-61-53-45-37-35-43-51-59-67-75-83-99-118-116(112-97-81-73-65-57-49-41-33-29-25-21-17-13-9-3)114-103-91-87-101(88-92-103)107(5,6)102-89-93-104(94-90-102)115-117(113-98-82-74-66-58-50-42-34-30-26-22-18-14-10-4)119-100-84-76-68-60-52-44-36-38-46-54-62-70-78-86-106(109)111-96-80-72-64-56-48-40-32-28-24-20-16-12-8-2/h87-94H,7-86,95-100H2,1-6H3. The van der Waals surface area contributed by atoms with E-state index in [1.54, 1.807) is 0 Å². The highest BCUT2D eigenvalue weighted by Gasteiger charge is 2.25. The van der Waals surface area contributed by atoms with Crippen LogP contribution < -0.4 is 9.05 Å². The van der Waals surface area contributed by atoms with E-state index < -0.39 is 15.2 Å². The summed E-state index contributed by atoms with van der Waals surface area (Å²) >= 11 is 3.81. The van der Waals surface area contributed by atoms with Gasteiger partial charge in [-0.2, -0.15) is 0 Å². The van der Waals surface area contributed by atoms with E-state index in [0.717, 1.165) is 87.6 Å². The lowest BCUT2D eigenvalue weighted by molar-refractivity contribution is -0.144. The summed E-state index contributed by atoms with van der Waals surface area (Å²) in [4.78, 5) is 24.6. The van der Waals surface area contributed by atoms with Gasteiger partial charge >= 0.3 is 11.9 Å². The Morgan fingerprint density at radius 1 is 0.235 bits per heavy atom. The fourth-order valence-electron chi connectivity index (χ4n) is 16.6. The van der Waals surface area contributed by atoms with Crippen LogP contribution in [0.4, 0.5) is 0 Å². The molecule has 0 spiro atoms. The summed E-state index contributed by atoms with van der Waals surface area (Å²) in [5, 5.41) is 0. The van der Waals surface area contributed by atoms with Crippen molar-refractivity contribution in [2.75, 3.05) is 37.9 Å². The molecule has 0 aliphatic heterocycles. The van der Waals surface area contributed by atoms with Crippen LogP contribution >= 0.6 is 37.9 Å². The molecule has 119 heavy (non-hydrogen) atoms. The maximum Gasteiger partial charge on any atom is 0.305 e. The highest BCUT2D eigenvalue weighted by molar-refractivity contribution is 8.53. The first kappa shape index (κ1) is 114. The van der Waals surface area contributed by atoms with E-state index in [2.05, 4.69) is 90.1 Å². The fourth-order valence-corrected chi connectivity index (χ4v) is 22.4. The van der Waals surface area contributed by atoms with Crippen LogP contribution in [0.1, 0.15) is 566 Å². The van der Waals surface area contributed by atoms with Crippen molar-refractivity contribution in [3.8, 4) is 11.5 Å². The molecule has 2 rings (SSSR count). The summed E-state index contributed by atoms with van der Waals surface area (Å²) < 4.78 is 37.9. The largest absolute Gasteiger partial charge is 0.466 e. The molecule has 0 N–H and O–H groups in total. The molecule has 0 bridgehead atoms. The van der Waals surface area contributed by atoms with Crippen molar-refractivity contribution in [2.45, 2.75) is 561 Å². The minimum atomic E-state index is -1.09. The molecule has 0 heterocycles. The molecule has 2 unspecified atom stereocenters. The van der Waals surface area contributed by atoms with Crippen molar-refractivity contribution in [3.05, 3.63) is 59.7 Å². The fraction of sp³-hybridized carbons (Fsp3) is 0.869. The molecule has 0 fully saturated rings. The molecule has 8 nitrogen and oxygen atoms in total. The van der Waals surface area contributed by atoms with Gasteiger partial charge < -0.3 is 27.6 Å². The molecule has 0 aliphatic rings. The molecule has 0 radical (unpaired) electrons. The van der Waals surface area contributed by atoms with Gasteiger partial charge in [0.25, 0.3) is 15.2 Å². The molecule has 0 aromatic heterocycles. The third-order valence-electron chi connectivity index (χ3n) is 24.9. The molecule has 12 heteroatoms. The Hall–Kier alpha value is -1.54. The number of rotatable bonds is 98. The lowest BCUT2D eigenvalue weighted by Gasteiger charge is -2.27. The zero-order valence-electron chi connectivity index (χ0n) is 79.9. The topological polar surface area (TPSA) is 89.5 Å². The number of ether oxygens (including phenoxy) is 2. The van der Waals surface area contributed by atoms with E-state index in [-0.39, 0.29) is 17.4 Å². The maximum atomic E-state index is 12.3. The Labute approximate surface area is 751 Å². The Morgan fingerprint density at radius 3 is 0.622 bits per heavy atom. The quantitative estimate of drug-likeness (QED) is 0.0362. The number of esters is 2. The Morgan fingerprint density at radius 2 is 0.412 bits per heavy atom. The van der Waals surface area contributed by atoms with E-state index in [1.807, 2.05) is 22.8 Å². The zero-order valence-corrected chi connectivity index (χ0v) is 83.3. The maximum absolute atomic E-state index is 12.3. The van der Waals surface area contributed by atoms with Crippen LogP contribution in [0.5, 0.6) is 11.5 Å². The third-order valence-corrected chi connectivity index (χ3v) is 31.2. The minimum Gasteiger partial charge on any atom is -0.466 e. The van der Waals surface area contributed by atoms with Crippen molar-refractivity contribution < 1.29 is 37.2 Å². The van der Waals surface area contributed by atoms with Crippen LogP contribution in [0.2, 0.25) is 0 Å². The van der Waals surface area contributed by atoms with E-state index in [1.165, 1.54) is 461 Å². The van der Waals surface area contributed by atoms with Gasteiger partial charge in [-0.15, -0.1) is 0 Å². The van der Waals surface area contributed by atoms with Gasteiger partial charge in [-0.25, -0.2) is 0 Å². The highest BCUT2D eigenvalue weighted by Crippen LogP contribution is 2.54. The van der Waals surface area contributed by atoms with Crippen molar-refractivity contribution >= 4 is 49.9 Å². The Kier molecular flexibility index (Phi) is 87.0. The zero-order chi connectivity index (χ0) is 85.2. The van der Waals surface area contributed by atoms with Gasteiger partial charge in [-0.3, -0.25) is 9.59 Å². The Bertz CT molecular complexity index is 2200. The molecular formula is C107H198O8P2S2. The van der Waals surface area contributed by atoms with Gasteiger partial charge in [0.05, 0.1) is 26.4 Å². The number of carbonyl (C=O) groups excluding carboxylic acids is 2. The summed E-state index contributed by atoms with van der Waals surface area (Å²) in [5.74, 6) is 3.99. The second-order valence-electron chi connectivity index (χ2n) is 36.7. The van der Waals surface area contributed by atoms with E-state index in [4.69, 9.17) is 27.6 Å². The summed E-state index contributed by atoms with van der Waals surface area (Å²) in [6.45, 7) is 16.6. The summed E-state index contributed by atoms with van der Waals surface area (Å²) in [7, 11) is -2.18. The summed E-state index contributed by atoms with van der Waals surface area (Å²) in [6.07, 6.45) is 104. The van der Waals surface area contributed by atoms with Crippen molar-refractivity contribution in [3.63, 3.8) is 0 Å². The molecule has 0 saturated heterocycles. The molecule has 2 atom stereocenters. The van der Waals surface area contributed by atoms with Crippen LogP contribution in [0, 0.1) is 0 Å². The third kappa shape index (κ3) is 77.3. The van der Waals surface area contributed by atoms with Gasteiger partial charge in [-0.05, 0) is 86.8 Å². The van der Waals surface area contributed by atoms with Crippen LogP contribution in [0.15, 0.2) is 48.5 Å². The lowest BCUT2D eigenvalue weighted by Crippen LogP contribution is -2.18. The molecule has 0 amide bonds. The van der Waals surface area contributed by atoms with Gasteiger partial charge in [0.2, 0.25) is 0 Å². The van der Waals surface area contributed by atoms with Crippen LogP contribution in [-0.2, 0) is 33.5 Å². The number of carbonyl (C=O) groups is 2. The summed E-state index contributed by atoms with van der Waals surface area (Å²) in [6, 6.07) is 17.8. The van der Waals surface area contributed by atoms with E-state index in [0.29, 0.717) is 26.1 Å². The monoisotopic (exact) mass is 1740 g/mol. The Balaban J connectivity index is 1.77. The molecule has 0 saturated carbocycles. The number of hydrogen-bond donors (Lipinski definition) is 0. The SMILES string of the molecule is CCCCCCCCCCCCCCCOC(=O)CCCCCCCCCCCCCCCSP(OCCCCCCCCCCCCCCC)Oc1ccc(C(C)(C)c2ccc(OP(OCCCCCCCCCCCCCCC)SCCCCCCCCCCCCCCCC(=O)OCCCCCCCCCCCCCCC)cc2)cc1. The molecule has 696 valence electrons. The smallest absolute Gasteiger partial charge is 0.305 e. The minimum absolute atomic E-state index is 0.0134. The number of benzene rings is 2. The summed E-state index contributed by atoms with van der Waals surface area (Å²) in [5.41, 5.74) is 2.33. The first-order valence-corrected chi connectivity index (χ1v) is 58.3. The average Bonchev–Trinajstić information content (AvgIpc) is 0.802. The predicted molar refractivity (Wildman–Crippen MR) is 531 cm³/mol. The second kappa shape index (κ2) is 91.2. The normalized spacial score (nSPS) is 12.3. The van der Waals surface area contributed by atoms with Crippen molar-refractivity contribution in [1.29, 1.82) is 0 Å². The van der Waals surface area contributed by atoms with Gasteiger partial charge in [0.1, 0.15) is 11.5 Å². The highest BCUT2D eigenvalue weighted by atomic mass is 32.7.